The lowest BCUT2D eigenvalue weighted by Crippen LogP contribution is -2.48. The van der Waals surface area contributed by atoms with Crippen molar-refractivity contribution >= 4 is 17.3 Å². The zero-order valence-corrected chi connectivity index (χ0v) is 11.1. The van der Waals surface area contributed by atoms with E-state index >= 15 is 0 Å². The minimum atomic E-state index is -0.267. The maximum absolute atomic E-state index is 12.0. The minimum absolute atomic E-state index is 0.00602. The predicted octanol–water partition coefficient (Wildman–Crippen LogP) is 1.96. The Morgan fingerprint density at radius 1 is 1.39 bits per heavy atom. The number of hydrogen-bond donors (Lipinski definition) is 2. The van der Waals surface area contributed by atoms with E-state index in [0.29, 0.717) is 6.42 Å². The molecule has 1 saturated carbocycles. The van der Waals surface area contributed by atoms with E-state index in [4.69, 9.17) is 5.73 Å². The van der Waals surface area contributed by atoms with Gasteiger partial charge in [-0.2, -0.15) is 0 Å². The van der Waals surface area contributed by atoms with E-state index in [9.17, 15) is 4.79 Å². The molecule has 0 atom stereocenters. The first kappa shape index (κ1) is 12.9. The third-order valence-corrected chi connectivity index (χ3v) is 3.52. The lowest BCUT2D eigenvalue weighted by Gasteiger charge is -2.37. The van der Waals surface area contributed by atoms with E-state index in [-0.39, 0.29) is 11.4 Å². The van der Waals surface area contributed by atoms with Crippen LogP contribution in [0.3, 0.4) is 0 Å². The van der Waals surface area contributed by atoms with Crippen molar-refractivity contribution in [3.63, 3.8) is 0 Å². The second-order valence-electron chi connectivity index (χ2n) is 5.35. The van der Waals surface area contributed by atoms with Gasteiger partial charge >= 0.3 is 0 Å². The Hall–Kier alpha value is -1.55. The Bertz CT molecular complexity index is 438. The molecule has 1 aliphatic carbocycles. The highest BCUT2D eigenvalue weighted by molar-refractivity contribution is 5.95. The molecule has 0 saturated heterocycles. The largest absolute Gasteiger partial charge is 0.376 e. The molecule has 1 aromatic rings. The van der Waals surface area contributed by atoms with Gasteiger partial charge in [-0.05, 0) is 31.4 Å². The number of para-hydroxylation sites is 2. The molecule has 0 heterocycles. The Kier molecular flexibility index (Phi) is 3.57. The van der Waals surface area contributed by atoms with Crippen LogP contribution < -0.4 is 16.0 Å². The van der Waals surface area contributed by atoms with Gasteiger partial charge in [0, 0.05) is 26.1 Å². The van der Waals surface area contributed by atoms with Crippen molar-refractivity contribution in [2.24, 2.45) is 5.73 Å². The molecule has 1 fully saturated rings. The van der Waals surface area contributed by atoms with Gasteiger partial charge < -0.3 is 16.0 Å². The SMILES string of the molecule is CN(C)c1ccccc1NC(=O)CC1(N)CCC1. The van der Waals surface area contributed by atoms with Crippen molar-refractivity contribution in [3.8, 4) is 0 Å². The number of nitrogens with two attached hydrogens (primary N) is 1. The van der Waals surface area contributed by atoms with Crippen molar-refractivity contribution in [1.29, 1.82) is 0 Å². The molecule has 0 aromatic heterocycles. The van der Waals surface area contributed by atoms with Crippen LogP contribution in [-0.2, 0) is 4.79 Å². The summed E-state index contributed by atoms with van der Waals surface area (Å²) in [6, 6.07) is 7.78. The van der Waals surface area contributed by atoms with Crippen LogP contribution in [0.25, 0.3) is 0 Å². The molecule has 1 amide bonds. The van der Waals surface area contributed by atoms with Gasteiger partial charge in [0.1, 0.15) is 0 Å². The van der Waals surface area contributed by atoms with Crippen LogP contribution in [0.2, 0.25) is 0 Å². The fourth-order valence-electron chi connectivity index (χ4n) is 2.29. The van der Waals surface area contributed by atoms with Gasteiger partial charge in [-0.3, -0.25) is 4.79 Å². The molecule has 2 rings (SSSR count). The minimum Gasteiger partial charge on any atom is -0.376 e. The normalized spacial score (nSPS) is 16.8. The maximum Gasteiger partial charge on any atom is 0.226 e. The van der Waals surface area contributed by atoms with Crippen LogP contribution in [0.4, 0.5) is 11.4 Å². The molecule has 3 N–H and O–H groups in total. The number of anilines is 2. The molecular formula is C14H21N3O. The molecule has 0 aliphatic heterocycles. The van der Waals surface area contributed by atoms with Crippen LogP contribution in [0, 0.1) is 0 Å². The third-order valence-electron chi connectivity index (χ3n) is 3.52. The Labute approximate surface area is 108 Å². The molecule has 4 nitrogen and oxygen atoms in total. The van der Waals surface area contributed by atoms with Crippen molar-refractivity contribution in [1.82, 2.24) is 0 Å². The molecule has 0 bridgehead atoms. The molecule has 0 radical (unpaired) electrons. The predicted molar refractivity (Wildman–Crippen MR) is 74.8 cm³/mol. The Morgan fingerprint density at radius 3 is 2.61 bits per heavy atom. The number of rotatable bonds is 4. The summed E-state index contributed by atoms with van der Waals surface area (Å²) >= 11 is 0. The van der Waals surface area contributed by atoms with E-state index in [1.165, 1.54) is 0 Å². The standard InChI is InChI=1S/C14H21N3O/c1-17(2)12-7-4-3-6-11(12)16-13(18)10-14(15)8-5-9-14/h3-4,6-7H,5,8-10,15H2,1-2H3,(H,16,18). The van der Waals surface area contributed by atoms with Crippen LogP contribution in [0.5, 0.6) is 0 Å². The molecule has 0 spiro atoms. The lowest BCUT2D eigenvalue weighted by molar-refractivity contribution is -0.118. The number of carbonyl (C=O) groups is 1. The van der Waals surface area contributed by atoms with Gasteiger partial charge in [-0.15, -0.1) is 0 Å². The number of nitrogens with one attached hydrogen (secondary N) is 1. The first-order chi connectivity index (χ1) is 8.50. The monoisotopic (exact) mass is 247 g/mol. The van der Waals surface area contributed by atoms with Crippen LogP contribution in [-0.4, -0.2) is 25.5 Å². The molecule has 18 heavy (non-hydrogen) atoms. The fourth-order valence-corrected chi connectivity index (χ4v) is 2.29. The van der Waals surface area contributed by atoms with Gasteiger partial charge in [0.25, 0.3) is 0 Å². The van der Waals surface area contributed by atoms with Gasteiger partial charge in [0.05, 0.1) is 11.4 Å². The summed E-state index contributed by atoms with van der Waals surface area (Å²) in [7, 11) is 3.92. The van der Waals surface area contributed by atoms with E-state index in [2.05, 4.69) is 5.32 Å². The van der Waals surface area contributed by atoms with E-state index in [0.717, 1.165) is 30.6 Å². The zero-order chi connectivity index (χ0) is 13.2. The number of benzene rings is 1. The number of carbonyl (C=O) groups excluding carboxylic acids is 1. The summed E-state index contributed by atoms with van der Waals surface area (Å²) in [5, 5.41) is 2.96. The summed E-state index contributed by atoms with van der Waals surface area (Å²) < 4.78 is 0. The van der Waals surface area contributed by atoms with Crippen LogP contribution in [0.15, 0.2) is 24.3 Å². The summed E-state index contributed by atoms with van der Waals surface area (Å²) in [5.41, 5.74) is 7.67. The highest BCUT2D eigenvalue weighted by Crippen LogP contribution is 2.33. The first-order valence-corrected chi connectivity index (χ1v) is 6.35. The molecule has 1 aliphatic rings. The summed E-state index contributed by atoms with van der Waals surface area (Å²) in [5.74, 6) is 0.00602. The lowest BCUT2D eigenvalue weighted by atomic mass is 9.75. The van der Waals surface area contributed by atoms with Crippen molar-refractivity contribution in [2.75, 3.05) is 24.3 Å². The van der Waals surface area contributed by atoms with Crippen molar-refractivity contribution in [2.45, 2.75) is 31.2 Å². The smallest absolute Gasteiger partial charge is 0.226 e. The van der Waals surface area contributed by atoms with Gasteiger partial charge in [0.2, 0.25) is 5.91 Å². The van der Waals surface area contributed by atoms with Gasteiger partial charge in [0.15, 0.2) is 0 Å². The van der Waals surface area contributed by atoms with Crippen LogP contribution >= 0.6 is 0 Å². The summed E-state index contributed by atoms with van der Waals surface area (Å²) in [6.07, 6.45) is 3.46. The molecule has 98 valence electrons. The second kappa shape index (κ2) is 4.98. The van der Waals surface area contributed by atoms with E-state index in [1.807, 2.05) is 43.3 Å². The fraction of sp³-hybridized carbons (Fsp3) is 0.500. The highest BCUT2D eigenvalue weighted by Gasteiger charge is 2.34. The number of amides is 1. The van der Waals surface area contributed by atoms with Gasteiger partial charge in [-0.25, -0.2) is 0 Å². The third kappa shape index (κ3) is 2.82. The maximum atomic E-state index is 12.0. The quantitative estimate of drug-likeness (QED) is 0.855. The first-order valence-electron chi connectivity index (χ1n) is 6.35. The van der Waals surface area contributed by atoms with E-state index < -0.39 is 0 Å². The highest BCUT2D eigenvalue weighted by atomic mass is 16.1. The zero-order valence-electron chi connectivity index (χ0n) is 11.1. The van der Waals surface area contributed by atoms with Crippen molar-refractivity contribution < 1.29 is 4.79 Å². The average Bonchev–Trinajstić information content (AvgIpc) is 2.27. The molecular weight excluding hydrogens is 226 g/mol. The van der Waals surface area contributed by atoms with Gasteiger partial charge in [-0.1, -0.05) is 12.1 Å². The number of nitrogens with zero attached hydrogens (tertiary/aromatic N) is 1. The summed E-state index contributed by atoms with van der Waals surface area (Å²) in [6.45, 7) is 0. The Balaban J connectivity index is 2.02. The Morgan fingerprint density at radius 2 is 2.06 bits per heavy atom. The second-order valence-corrected chi connectivity index (χ2v) is 5.35. The molecule has 0 unspecified atom stereocenters. The van der Waals surface area contributed by atoms with Crippen LogP contribution in [0.1, 0.15) is 25.7 Å². The molecule has 4 heteroatoms. The topological polar surface area (TPSA) is 58.4 Å². The summed E-state index contributed by atoms with van der Waals surface area (Å²) in [4.78, 5) is 14.0. The molecule has 1 aromatic carbocycles. The number of hydrogen-bond acceptors (Lipinski definition) is 3. The average molecular weight is 247 g/mol. The van der Waals surface area contributed by atoms with Crippen molar-refractivity contribution in [3.05, 3.63) is 24.3 Å². The van der Waals surface area contributed by atoms with E-state index in [1.54, 1.807) is 0 Å².